The zero-order valence-corrected chi connectivity index (χ0v) is 20.2. The summed E-state index contributed by atoms with van der Waals surface area (Å²) in [7, 11) is 0. The number of hydrogen-bond donors (Lipinski definition) is 5. The zero-order valence-electron chi connectivity index (χ0n) is 20.2. The van der Waals surface area contributed by atoms with E-state index in [0.29, 0.717) is 57.0 Å². The normalized spacial score (nSPS) is 20.8. The number of aryl methyl sites for hydroxylation is 1. The summed E-state index contributed by atoms with van der Waals surface area (Å²) in [4.78, 5) is 22.8. The number of hydrogen-bond acceptors (Lipinski definition) is 8. The molecule has 196 valence electrons. The number of rotatable bonds is 7. The Hall–Kier alpha value is -3.12. The standard InChI is InChI=1S/C24H32F3N7O2/c1-2-18-22(30-14-3-6-16(35)7-4-14)33-23(20(32-18)21(28)36)31-15-5-8-19(17(13-15)24(25,26)27)34-11-9-29-10-12-34/h5,8,13-14,16,29,35H,2-4,6-7,9-12H2,1H3,(H2,28,36)(H2,30,31,33). The van der Waals surface area contributed by atoms with E-state index in [2.05, 4.69) is 25.9 Å². The van der Waals surface area contributed by atoms with Gasteiger partial charge in [0.05, 0.1) is 17.4 Å². The molecule has 1 amide bonds. The Balaban J connectivity index is 1.67. The number of halogens is 3. The second kappa shape index (κ2) is 10.9. The smallest absolute Gasteiger partial charge is 0.393 e. The molecule has 1 aromatic heterocycles. The summed E-state index contributed by atoms with van der Waals surface area (Å²) in [5, 5.41) is 19.1. The third-order valence-corrected chi connectivity index (χ3v) is 6.60. The molecule has 0 unspecified atom stereocenters. The number of nitrogens with two attached hydrogens (primary N) is 1. The van der Waals surface area contributed by atoms with Crippen LogP contribution in [-0.4, -0.2) is 59.3 Å². The summed E-state index contributed by atoms with van der Waals surface area (Å²) in [5.41, 5.74) is 5.39. The number of piperazine rings is 1. The first-order valence-electron chi connectivity index (χ1n) is 12.2. The molecule has 6 N–H and O–H groups in total. The average molecular weight is 508 g/mol. The Kier molecular flexibility index (Phi) is 7.84. The molecule has 0 radical (unpaired) electrons. The van der Waals surface area contributed by atoms with Crippen LogP contribution >= 0.6 is 0 Å². The first-order chi connectivity index (χ1) is 17.2. The van der Waals surface area contributed by atoms with Gasteiger partial charge in [-0.2, -0.15) is 13.2 Å². The van der Waals surface area contributed by atoms with Crippen molar-refractivity contribution < 1.29 is 23.1 Å². The van der Waals surface area contributed by atoms with Gasteiger partial charge in [0.15, 0.2) is 11.5 Å². The number of benzene rings is 1. The van der Waals surface area contributed by atoms with Crippen LogP contribution in [0.3, 0.4) is 0 Å². The van der Waals surface area contributed by atoms with Crippen LogP contribution in [0.1, 0.15) is 54.4 Å². The fourth-order valence-electron chi connectivity index (χ4n) is 4.66. The van der Waals surface area contributed by atoms with E-state index in [0.717, 1.165) is 18.9 Å². The van der Waals surface area contributed by atoms with Gasteiger partial charge in [0.1, 0.15) is 5.82 Å². The highest BCUT2D eigenvalue weighted by Crippen LogP contribution is 2.39. The molecular formula is C24H32F3N7O2. The number of amides is 1. The molecule has 36 heavy (non-hydrogen) atoms. The van der Waals surface area contributed by atoms with E-state index in [1.54, 1.807) is 4.90 Å². The first-order valence-corrected chi connectivity index (χ1v) is 12.2. The summed E-state index contributed by atoms with van der Waals surface area (Å²) in [6.45, 7) is 4.02. The quantitative estimate of drug-likeness (QED) is 0.387. The zero-order chi connectivity index (χ0) is 25.9. The lowest BCUT2D eigenvalue weighted by Gasteiger charge is -2.31. The molecule has 0 bridgehead atoms. The van der Waals surface area contributed by atoms with Gasteiger partial charge in [-0.05, 0) is 50.3 Å². The molecule has 1 aliphatic heterocycles. The molecule has 2 heterocycles. The Labute approximate surface area is 207 Å². The number of primary amides is 1. The van der Waals surface area contributed by atoms with Crippen LogP contribution in [0.2, 0.25) is 0 Å². The molecule has 1 saturated carbocycles. The van der Waals surface area contributed by atoms with Crippen LogP contribution in [0.4, 0.5) is 36.2 Å². The van der Waals surface area contributed by atoms with Crippen molar-refractivity contribution in [3.05, 3.63) is 35.2 Å². The lowest BCUT2D eigenvalue weighted by atomic mass is 9.93. The van der Waals surface area contributed by atoms with Gasteiger partial charge in [-0.25, -0.2) is 9.97 Å². The molecule has 2 fully saturated rings. The number of carbonyl (C=O) groups is 1. The molecule has 1 saturated heterocycles. The lowest BCUT2D eigenvalue weighted by Crippen LogP contribution is -2.44. The number of aromatic nitrogens is 2. The Morgan fingerprint density at radius 3 is 2.47 bits per heavy atom. The molecule has 1 aromatic carbocycles. The highest BCUT2D eigenvalue weighted by molar-refractivity contribution is 5.96. The highest BCUT2D eigenvalue weighted by Gasteiger charge is 2.35. The van der Waals surface area contributed by atoms with Crippen LogP contribution in [0.5, 0.6) is 0 Å². The topological polar surface area (TPSA) is 128 Å². The first kappa shape index (κ1) is 26.0. The van der Waals surface area contributed by atoms with Gasteiger partial charge in [-0.3, -0.25) is 4.79 Å². The van der Waals surface area contributed by atoms with Crippen LogP contribution in [0.25, 0.3) is 0 Å². The fourth-order valence-corrected chi connectivity index (χ4v) is 4.66. The van der Waals surface area contributed by atoms with Crippen molar-refractivity contribution in [2.75, 3.05) is 41.7 Å². The van der Waals surface area contributed by atoms with Crippen LogP contribution in [0.15, 0.2) is 18.2 Å². The molecule has 2 aromatic rings. The second-order valence-electron chi connectivity index (χ2n) is 9.18. The van der Waals surface area contributed by atoms with Crippen molar-refractivity contribution in [2.45, 2.75) is 57.3 Å². The number of aliphatic hydroxyl groups is 1. The molecule has 0 spiro atoms. The Morgan fingerprint density at radius 2 is 1.86 bits per heavy atom. The lowest BCUT2D eigenvalue weighted by molar-refractivity contribution is -0.137. The van der Waals surface area contributed by atoms with Gasteiger partial charge in [-0.1, -0.05) is 6.92 Å². The maximum atomic E-state index is 14.0. The molecule has 2 aliphatic rings. The number of carbonyl (C=O) groups excluding carboxylic acids is 1. The number of aliphatic hydroxyl groups excluding tert-OH is 1. The summed E-state index contributed by atoms with van der Waals surface area (Å²) in [6.07, 6.45) is -1.60. The summed E-state index contributed by atoms with van der Waals surface area (Å²) in [5.74, 6) is -0.401. The van der Waals surface area contributed by atoms with Crippen LogP contribution < -0.4 is 26.6 Å². The van der Waals surface area contributed by atoms with Gasteiger partial charge in [0.25, 0.3) is 5.91 Å². The van der Waals surface area contributed by atoms with Gasteiger partial charge in [-0.15, -0.1) is 0 Å². The average Bonchev–Trinajstić information content (AvgIpc) is 2.85. The molecule has 4 rings (SSSR count). The van der Waals surface area contributed by atoms with E-state index in [1.165, 1.54) is 12.1 Å². The predicted molar refractivity (Wildman–Crippen MR) is 132 cm³/mol. The van der Waals surface area contributed by atoms with Crippen LogP contribution in [-0.2, 0) is 12.6 Å². The van der Waals surface area contributed by atoms with Gasteiger partial charge in [0, 0.05) is 43.6 Å². The van der Waals surface area contributed by atoms with Crippen molar-refractivity contribution >= 4 is 28.9 Å². The largest absolute Gasteiger partial charge is 0.418 e. The van der Waals surface area contributed by atoms with E-state index in [-0.39, 0.29) is 35.0 Å². The number of anilines is 4. The monoisotopic (exact) mass is 507 g/mol. The van der Waals surface area contributed by atoms with Crippen molar-refractivity contribution in [3.63, 3.8) is 0 Å². The SMILES string of the molecule is CCc1nc(C(N)=O)c(Nc2ccc(N3CCNCC3)c(C(F)(F)F)c2)nc1NC1CCC(O)CC1. The Morgan fingerprint density at radius 1 is 1.17 bits per heavy atom. The van der Waals surface area contributed by atoms with Gasteiger partial charge >= 0.3 is 6.18 Å². The highest BCUT2D eigenvalue weighted by atomic mass is 19.4. The van der Waals surface area contributed by atoms with E-state index in [1.807, 2.05) is 6.92 Å². The molecule has 9 nitrogen and oxygen atoms in total. The third-order valence-electron chi connectivity index (χ3n) is 6.60. The summed E-state index contributed by atoms with van der Waals surface area (Å²) < 4.78 is 41.9. The van der Waals surface area contributed by atoms with E-state index in [9.17, 15) is 23.1 Å². The van der Waals surface area contributed by atoms with Crippen molar-refractivity contribution in [1.29, 1.82) is 0 Å². The van der Waals surface area contributed by atoms with Gasteiger partial charge in [0.2, 0.25) is 0 Å². The second-order valence-corrected chi connectivity index (χ2v) is 9.18. The number of nitrogens with zero attached hydrogens (tertiary/aromatic N) is 3. The van der Waals surface area contributed by atoms with Gasteiger partial charge < -0.3 is 31.7 Å². The Bertz CT molecular complexity index is 1080. The number of nitrogens with one attached hydrogen (secondary N) is 3. The summed E-state index contributed by atoms with van der Waals surface area (Å²) in [6, 6.07) is 4.05. The maximum Gasteiger partial charge on any atom is 0.418 e. The van der Waals surface area contributed by atoms with Crippen molar-refractivity contribution in [3.8, 4) is 0 Å². The molecule has 0 atom stereocenters. The fraction of sp³-hybridized carbons (Fsp3) is 0.542. The minimum absolute atomic E-state index is 0.0129. The number of alkyl halides is 3. The van der Waals surface area contributed by atoms with E-state index >= 15 is 0 Å². The molecular weight excluding hydrogens is 475 g/mol. The minimum Gasteiger partial charge on any atom is -0.393 e. The van der Waals surface area contributed by atoms with E-state index in [4.69, 9.17) is 5.73 Å². The van der Waals surface area contributed by atoms with Crippen LogP contribution in [0, 0.1) is 0 Å². The molecule has 1 aliphatic carbocycles. The minimum atomic E-state index is -4.57. The maximum absolute atomic E-state index is 14.0. The van der Waals surface area contributed by atoms with E-state index < -0.39 is 17.6 Å². The third kappa shape index (κ3) is 5.98. The summed E-state index contributed by atoms with van der Waals surface area (Å²) >= 11 is 0. The van der Waals surface area contributed by atoms with Crippen molar-refractivity contribution in [1.82, 2.24) is 15.3 Å². The molecule has 12 heteroatoms. The van der Waals surface area contributed by atoms with Crippen molar-refractivity contribution in [2.24, 2.45) is 5.73 Å². The predicted octanol–water partition coefficient (Wildman–Crippen LogP) is 3.03.